The van der Waals surface area contributed by atoms with E-state index in [1.807, 2.05) is 0 Å². The summed E-state index contributed by atoms with van der Waals surface area (Å²) < 4.78 is 179. The van der Waals surface area contributed by atoms with Gasteiger partial charge in [-0.25, -0.2) is 43.9 Å². The van der Waals surface area contributed by atoms with Crippen molar-refractivity contribution in [3.63, 3.8) is 0 Å². The SMILES string of the molecule is COc1c(F)c(F)c(-c2c3ccc(F)cc3c(-c3c(F)c(F)c(F)c(F)c3F)c3cc(F)c(F)cc23)c(F)c1F. The van der Waals surface area contributed by atoms with Gasteiger partial charge in [0.2, 0.25) is 17.5 Å². The average molecular weight is 576 g/mol. The molecule has 0 radical (unpaired) electrons. The van der Waals surface area contributed by atoms with Crippen LogP contribution in [0, 0.1) is 69.8 Å². The summed E-state index contributed by atoms with van der Waals surface area (Å²) in [4.78, 5) is 0. The minimum Gasteiger partial charge on any atom is -0.491 e. The van der Waals surface area contributed by atoms with Gasteiger partial charge in [0.15, 0.2) is 52.3 Å². The van der Waals surface area contributed by atoms with E-state index in [1.54, 1.807) is 0 Å². The smallest absolute Gasteiger partial charge is 0.204 e. The van der Waals surface area contributed by atoms with Crippen molar-refractivity contribution in [1.29, 1.82) is 0 Å². The van der Waals surface area contributed by atoms with E-state index < -0.39 is 119 Å². The first kappa shape index (κ1) is 27.2. The number of halogens is 12. The number of rotatable bonds is 3. The molecule has 0 aliphatic heterocycles. The maximum Gasteiger partial charge on any atom is 0.204 e. The zero-order chi connectivity index (χ0) is 29.4. The largest absolute Gasteiger partial charge is 0.491 e. The third-order valence-corrected chi connectivity index (χ3v) is 6.26. The fourth-order valence-electron chi connectivity index (χ4n) is 4.57. The highest BCUT2D eigenvalue weighted by molar-refractivity contribution is 6.21. The van der Waals surface area contributed by atoms with Crippen molar-refractivity contribution in [1.82, 2.24) is 0 Å². The summed E-state index contributed by atoms with van der Waals surface area (Å²) >= 11 is 0. The molecule has 5 rings (SSSR count). The van der Waals surface area contributed by atoms with Gasteiger partial charge in [-0.15, -0.1) is 0 Å². The van der Waals surface area contributed by atoms with Gasteiger partial charge in [-0.3, -0.25) is 0 Å². The molecule has 13 heteroatoms. The van der Waals surface area contributed by atoms with Gasteiger partial charge >= 0.3 is 0 Å². The Labute approximate surface area is 214 Å². The Morgan fingerprint density at radius 2 is 0.775 bits per heavy atom. The Morgan fingerprint density at radius 3 is 1.23 bits per heavy atom. The Balaban J connectivity index is 2.14. The third-order valence-electron chi connectivity index (χ3n) is 6.26. The van der Waals surface area contributed by atoms with Crippen molar-refractivity contribution in [3.05, 3.63) is 100 Å². The average Bonchev–Trinajstić information content (AvgIpc) is 2.92. The van der Waals surface area contributed by atoms with Crippen molar-refractivity contribution < 1.29 is 57.4 Å². The second kappa shape index (κ2) is 9.35. The lowest BCUT2D eigenvalue weighted by Gasteiger charge is -2.20. The molecule has 0 aromatic heterocycles. The van der Waals surface area contributed by atoms with Crippen LogP contribution in [-0.2, 0) is 0 Å². The molecule has 0 fully saturated rings. The zero-order valence-electron chi connectivity index (χ0n) is 19.3. The van der Waals surface area contributed by atoms with Gasteiger partial charge in [0.05, 0.1) is 18.2 Å². The van der Waals surface area contributed by atoms with E-state index in [4.69, 9.17) is 0 Å². The molecule has 0 unspecified atom stereocenters. The van der Waals surface area contributed by atoms with E-state index in [1.165, 1.54) is 0 Å². The Morgan fingerprint density at radius 1 is 0.400 bits per heavy atom. The first-order valence-electron chi connectivity index (χ1n) is 10.8. The predicted molar refractivity (Wildman–Crippen MR) is 118 cm³/mol. The van der Waals surface area contributed by atoms with Gasteiger partial charge in [-0.05, 0) is 45.8 Å². The van der Waals surface area contributed by atoms with Gasteiger partial charge < -0.3 is 4.74 Å². The highest BCUT2D eigenvalue weighted by Crippen LogP contribution is 2.48. The standard InChI is InChI=1S/C27H8F12O/c1-40-27-25(38)20(33)16(21(34)26(27)39)14-8-3-2-7(28)4-9(8)15(11-6-13(30)12(29)5-10(11)14)17-18(31)22(35)24(37)23(36)19(17)32/h2-6H,1H3. The molecule has 0 saturated carbocycles. The molecule has 0 saturated heterocycles. The van der Waals surface area contributed by atoms with Crippen LogP contribution in [0.1, 0.15) is 0 Å². The van der Waals surface area contributed by atoms with Crippen molar-refractivity contribution >= 4 is 21.5 Å². The molecule has 0 atom stereocenters. The van der Waals surface area contributed by atoms with Crippen LogP contribution in [0.5, 0.6) is 5.75 Å². The van der Waals surface area contributed by atoms with E-state index in [2.05, 4.69) is 4.74 Å². The van der Waals surface area contributed by atoms with E-state index in [-0.39, 0.29) is 12.1 Å². The number of fused-ring (bicyclic) bond motifs is 2. The van der Waals surface area contributed by atoms with Crippen LogP contribution in [0.2, 0.25) is 0 Å². The van der Waals surface area contributed by atoms with Crippen molar-refractivity contribution in [3.8, 4) is 28.0 Å². The molecule has 0 amide bonds. The quantitative estimate of drug-likeness (QED) is 0.0902. The molecule has 0 N–H and O–H groups in total. The van der Waals surface area contributed by atoms with Gasteiger partial charge in [0, 0.05) is 11.1 Å². The number of hydrogen-bond acceptors (Lipinski definition) is 1. The fourth-order valence-corrected chi connectivity index (χ4v) is 4.57. The number of benzene rings is 5. The van der Waals surface area contributed by atoms with E-state index in [9.17, 15) is 43.9 Å². The molecule has 0 bridgehead atoms. The van der Waals surface area contributed by atoms with Crippen LogP contribution in [0.3, 0.4) is 0 Å². The maximum atomic E-state index is 15.2. The van der Waals surface area contributed by atoms with Crippen LogP contribution >= 0.6 is 0 Å². The van der Waals surface area contributed by atoms with Crippen LogP contribution < -0.4 is 4.74 Å². The van der Waals surface area contributed by atoms with Crippen LogP contribution in [0.25, 0.3) is 43.8 Å². The first-order chi connectivity index (χ1) is 18.8. The van der Waals surface area contributed by atoms with E-state index >= 15 is 8.78 Å². The second-order valence-electron chi connectivity index (χ2n) is 8.36. The molecule has 40 heavy (non-hydrogen) atoms. The normalized spacial score (nSPS) is 11.6. The predicted octanol–water partition coefficient (Wildman–Crippen LogP) is 9.00. The number of ether oxygens (including phenoxy) is 1. The Bertz CT molecular complexity index is 1860. The highest BCUT2D eigenvalue weighted by atomic mass is 19.2. The maximum absolute atomic E-state index is 15.2. The van der Waals surface area contributed by atoms with Crippen LogP contribution in [0.4, 0.5) is 52.7 Å². The van der Waals surface area contributed by atoms with Crippen LogP contribution in [0.15, 0.2) is 30.3 Å². The summed E-state index contributed by atoms with van der Waals surface area (Å²) in [5, 5.41) is -3.38. The van der Waals surface area contributed by atoms with Gasteiger partial charge in [0.1, 0.15) is 5.82 Å². The molecular formula is C27H8F12O. The fraction of sp³-hybridized carbons (Fsp3) is 0.0370. The lowest BCUT2D eigenvalue weighted by atomic mass is 9.85. The Hall–Kier alpha value is -4.42. The minimum atomic E-state index is -2.57. The van der Waals surface area contributed by atoms with Crippen LogP contribution in [-0.4, -0.2) is 7.11 Å². The molecule has 0 heterocycles. The van der Waals surface area contributed by atoms with Crippen molar-refractivity contribution in [2.24, 2.45) is 0 Å². The molecule has 5 aromatic rings. The molecule has 1 nitrogen and oxygen atoms in total. The number of hydrogen-bond donors (Lipinski definition) is 0. The third kappa shape index (κ3) is 3.67. The summed E-state index contributed by atoms with van der Waals surface area (Å²) in [5.41, 5.74) is -5.34. The highest BCUT2D eigenvalue weighted by Gasteiger charge is 2.33. The van der Waals surface area contributed by atoms with Gasteiger partial charge in [-0.2, -0.15) is 8.78 Å². The van der Waals surface area contributed by atoms with Gasteiger partial charge in [0.25, 0.3) is 0 Å². The Kier molecular flexibility index (Phi) is 6.35. The first-order valence-corrected chi connectivity index (χ1v) is 10.8. The second-order valence-corrected chi connectivity index (χ2v) is 8.36. The summed E-state index contributed by atoms with van der Waals surface area (Å²) in [7, 11) is 0.685. The minimum absolute atomic E-state index is 0.179. The van der Waals surface area contributed by atoms with E-state index in [0.29, 0.717) is 25.3 Å². The summed E-state index contributed by atoms with van der Waals surface area (Å²) in [6.45, 7) is 0. The molecular weight excluding hydrogens is 568 g/mol. The summed E-state index contributed by atoms with van der Waals surface area (Å²) in [6, 6.07) is 2.13. The van der Waals surface area contributed by atoms with E-state index in [0.717, 1.165) is 0 Å². The van der Waals surface area contributed by atoms with Gasteiger partial charge in [-0.1, -0.05) is 6.07 Å². The molecule has 5 aromatic carbocycles. The van der Waals surface area contributed by atoms with Crippen molar-refractivity contribution in [2.75, 3.05) is 7.11 Å². The molecule has 0 aliphatic rings. The summed E-state index contributed by atoms with van der Waals surface area (Å²) in [5.74, 6) is -27.0. The topological polar surface area (TPSA) is 9.23 Å². The molecule has 206 valence electrons. The molecule has 0 spiro atoms. The summed E-state index contributed by atoms with van der Waals surface area (Å²) in [6.07, 6.45) is 0. The number of methoxy groups -OCH3 is 1. The molecule has 0 aliphatic carbocycles. The lowest BCUT2D eigenvalue weighted by molar-refractivity contribution is 0.334. The zero-order valence-corrected chi connectivity index (χ0v) is 19.3. The van der Waals surface area contributed by atoms with Crippen molar-refractivity contribution in [2.45, 2.75) is 0 Å². The monoisotopic (exact) mass is 576 g/mol. The lowest BCUT2D eigenvalue weighted by Crippen LogP contribution is -2.07.